The SMILES string of the molecule is Cc1cc(C)c(CNC2CCCCC2C(C)(C)C)c(C)c1. The Kier molecular flexibility index (Phi) is 5.14. The second-order valence-corrected chi connectivity index (χ2v) is 8.12. The van der Waals surface area contributed by atoms with E-state index in [4.69, 9.17) is 0 Å². The monoisotopic (exact) mass is 287 g/mol. The summed E-state index contributed by atoms with van der Waals surface area (Å²) in [4.78, 5) is 0. The van der Waals surface area contributed by atoms with Gasteiger partial charge in [0, 0.05) is 12.6 Å². The zero-order valence-electron chi connectivity index (χ0n) is 14.8. The number of nitrogens with one attached hydrogen (secondary N) is 1. The summed E-state index contributed by atoms with van der Waals surface area (Å²) in [6, 6.07) is 5.30. The van der Waals surface area contributed by atoms with Crippen molar-refractivity contribution < 1.29 is 0 Å². The van der Waals surface area contributed by atoms with Crippen molar-refractivity contribution in [2.45, 2.75) is 79.8 Å². The maximum Gasteiger partial charge on any atom is 0.0213 e. The van der Waals surface area contributed by atoms with Gasteiger partial charge in [0.2, 0.25) is 0 Å². The smallest absolute Gasteiger partial charge is 0.0213 e. The summed E-state index contributed by atoms with van der Waals surface area (Å²) in [5.41, 5.74) is 6.15. The quantitative estimate of drug-likeness (QED) is 0.794. The van der Waals surface area contributed by atoms with Gasteiger partial charge in [-0.25, -0.2) is 0 Å². The van der Waals surface area contributed by atoms with E-state index in [0.29, 0.717) is 11.5 Å². The molecule has 118 valence electrons. The molecule has 1 aromatic rings. The highest BCUT2D eigenvalue weighted by molar-refractivity contribution is 5.37. The Bertz CT molecular complexity index is 458. The third-order valence-electron chi connectivity index (χ3n) is 5.26. The van der Waals surface area contributed by atoms with Crippen molar-refractivity contribution >= 4 is 0 Å². The molecule has 0 aromatic heterocycles. The molecule has 1 N–H and O–H groups in total. The van der Waals surface area contributed by atoms with E-state index in [2.05, 4.69) is 59.0 Å². The lowest BCUT2D eigenvalue weighted by Crippen LogP contribution is -2.44. The molecule has 0 aliphatic heterocycles. The molecule has 21 heavy (non-hydrogen) atoms. The lowest BCUT2D eigenvalue weighted by Gasteiger charge is -2.41. The van der Waals surface area contributed by atoms with Gasteiger partial charge >= 0.3 is 0 Å². The van der Waals surface area contributed by atoms with Crippen LogP contribution in [0, 0.1) is 32.1 Å². The number of benzene rings is 1. The number of rotatable bonds is 3. The lowest BCUT2D eigenvalue weighted by molar-refractivity contribution is 0.130. The maximum atomic E-state index is 3.90. The van der Waals surface area contributed by atoms with E-state index in [9.17, 15) is 0 Å². The van der Waals surface area contributed by atoms with Crippen LogP contribution >= 0.6 is 0 Å². The molecule has 2 unspecified atom stereocenters. The molecule has 0 bridgehead atoms. The Labute approximate surface area is 131 Å². The number of hydrogen-bond acceptors (Lipinski definition) is 1. The van der Waals surface area contributed by atoms with Crippen LogP contribution in [0.1, 0.15) is 68.7 Å². The van der Waals surface area contributed by atoms with Crippen molar-refractivity contribution in [2.75, 3.05) is 0 Å². The predicted molar refractivity (Wildman–Crippen MR) is 92.7 cm³/mol. The first kappa shape index (κ1) is 16.5. The average molecular weight is 287 g/mol. The summed E-state index contributed by atoms with van der Waals surface area (Å²) < 4.78 is 0. The standard InChI is InChI=1S/C20H33N/c1-14-11-15(2)17(16(3)12-14)13-21-19-10-8-7-9-18(19)20(4,5)6/h11-12,18-19,21H,7-10,13H2,1-6H3. The summed E-state index contributed by atoms with van der Waals surface area (Å²) in [5, 5.41) is 3.90. The van der Waals surface area contributed by atoms with Gasteiger partial charge in [-0.1, -0.05) is 51.3 Å². The van der Waals surface area contributed by atoms with Crippen molar-refractivity contribution in [2.24, 2.45) is 11.3 Å². The van der Waals surface area contributed by atoms with E-state index in [0.717, 1.165) is 12.5 Å². The summed E-state index contributed by atoms with van der Waals surface area (Å²) in [6.07, 6.45) is 5.51. The highest BCUT2D eigenvalue weighted by Gasteiger charge is 2.33. The van der Waals surface area contributed by atoms with Crippen LogP contribution in [0.4, 0.5) is 0 Å². The van der Waals surface area contributed by atoms with E-state index >= 15 is 0 Å². The molecule has 2 rings (SSSR count). The van der Waals surface area contributed by atoms with E-state index in [-0.39, 0.29) is 0 Å². The van der Waals surface area contributed by atoms with Crippen molar-refractivity contribution in [1.29, 1.82) is 0 Å². The molecule has 1 fully saturated rings. The van der Waals surface area contributed by atoms with E-state index < -0.39 is 0 Å². The zero-order chi connectivity index (χ0) is 15.6. The second-order valence-electron chi connectivity index (χ2n) is 8.12. The fourth-order valence-electron chi connectivity index (χ4n) is 4.13. The van der Waals surface area contributed by atoms with Crippen molar-refractivity contribution in [1.82, 2.24) is 5.32 Å². The Morgan fingerprint density at radius 2 is 1.57 bits per heavy atom. The largest absolute Gasteiger partial charge is 0.310 e. The van der Waals surface area contributed by atoms with Gasteiger partial charge in [0.1, 0.15) is 0 Å². The third-order valence-corrected chi connectivity index (χ3v) is 5.26. The predicted octanol–water partition coefficient (Wildman–Crippen LogP) is 5.31. The van der Waals surface area contributed by atoms with Gasteiger partial charge in [0.15, 0.2) is 0 Å². The second kappa shape index (κ2) is 6.52. The Balaban J connectivity index is 2.08. The fraction of sp³-hybridized carbons (Fsp3) is 0.700. The summed E-state index contributed by atoms with van der Waals surface area (Å²) >= 11 is 0. The molecule has 1 aliphatic rings. The normalized spacial score (nSPS) is 23.3. The Morgan fingerprint density at radius 1 is 1.00 bits per heavy atom. The molecule has 1 aromatic carbocycles. The van der Waals surface area contributed by atoms with Gasteiger partial charge in [0.25, 0.3) is 0 Å². The van der Waals surface area contributed by atoms with Gasteiger partial charge in [-0.3, -0.25) is 0 Å². The van der Waals surface area contributed by atoms with Gasteiger partial charge in [0.05, 0.1) is 0 Å². The van der Waals surface area contributed by atoms with Crippen LogP contribution in [0.5, 0.6) is 0 Å². The van der Waals surface area contributed by atoms with Gasteiger partial charge < -0.3 is 5.32 Å². The summed E-state index contributed by atoms with van der Waals surface area (Å²) in [5.74, 6) is 0.803. The number of hydrogen-bond donors (Lipinski definition) is 1. The molecule has 0 spiro atoms. The van der Waals surface area contributed by atoms with E-state index in [1.807, 2.05) is 0 Å². The van der Waals surface area contributed by atoms with Gasteiger partial charge in [-0.05, 0) is 61.6 Å². The summed E-state index contributed by atoms with van der Waals surface area (Å²) in [6.45, 7) is 14.9. The van der Waals surface area contributed by atoms with Crippen LogP contribution in [-0.4, -0.2) is 6.04 Å². The van der Waals surface area contributed by atoms with Crippen molar-refractivity contribution in [3.8, 4) is 0 Å². The maximum absolute atomic E-state index is 3.90. The summed E-state index contributed by atoms with van der Waals surface area (Å²) in [7, 11) is 0. The molecule has 2 atom stereocenters. The minimum atomic E-state index is 0.412. The molecule has 1 nitrogen and oxygen atoms in total. The zero-order valence-corrected chi connectivity index (χ0v) is 14.8. The minimum Gasteiger partial charge on any atom is -0.310 e. The van der Waals surface area contributed by atoms with Crippen LogP contribution in [-0.2, 0) is 6.54 Å². The van der Waals surface area contributed by atoms with Crippen LogP contribution < -0.4 is 5.32 Å². The van der Waals surface area contributed by atoms with Crippen LogP contribution in [0.25, 0.3) is 0 Å². The van der Waals surface area contributed by atoms with Crippen molar-refractivity contribution in [3.05, 3.63) is 34.4 Å². The first-order valence-electron chi connectivity index (χ1n) is 8.59. The molecule has 1 heteroatoms. The third kappa shape index (κ3) is 4.10. The average Bonchev–Trinajstić information content (AvgIpc) is 2.36. The van der Waals surface area contributed by atoms with Crippen LogP contribution in [0.15, 0.2) is 12.1 Å². The van der Waals surface area contributed by atoms with Gasteiger partial charge in [-0.2, -0.15) is 0 Å². The van der Waals surface area contributed by atoms with Crippen molar-refractivity contribution in [3.63, 3.8) is 0 Å². The topological polar surface area (TPSA) is 12.0 Å². The molecule has 0 radical (unpaired) electrons. The molecule has 1 aliphatic carbocycles. The first-order valence-corrected chi connectivity index (χ1v) is 8.59. The molecular weight excluding hydrogens is 254 g/mol. The Hall–Kier alpha value is -0.820. The minimum absolute atomic E-state index is 0.412. The Morgan fingerprint density at radius 3 is 2.14 bits per heavy atom. The lowest BCUT2D eigenvalue weighted by atomic mass is 9.69. The fourth-order valence-corrected chi connectivity index (χ4v) is 4.13. The highest BCUT2D eigenvalue weighted by Crippen LogP contribution is 2.38. The van der Waals surface area contributed by atoms with Crippen LogP contribution in [0.3, 0.4) is 0 Å². The first-order chi connectivity index (χ1) is 9.79. The highest BCUT2D eigenvalue weighted by atomic mass is 14.9. The molecule has 1 saturated carbocycles. The molecule has 0 heterocycles. The molecule has 0 amide bonds. The van der Waals surface area contributed by atoms with E-state index in [1.165, 1.54) is 47.9 Å². The van der Waals surface area contributed by atoms with Gasteiger partial charge in [-0.15, -0.1) is 0 Å². The van der Waals surface area contributed by atoms with Crippen LogP contribution in [0.2, 0.25) is 0 Å². The number of aryl methyl sites for hydroxylation is 3. The van der Waals surface area contributed by atoms with E-state index in [1.54, 1.807) is 0 Å². The molecular formula is C20H33N. The molecule has 0 saturated heterocycles.